The third kappa shape index (κ3) is 3.66. The topological polar surface area (TPSA) is 71.8 Å². The second-order valence-electron chi connectivity index (χ2n) is 2.66. The Morgan fingerprint density at radius 2 is 2.50 bits per heavy atom. The molecule has 0 aromatic carbocycles. The number of carbonyl (C=O) groups is 1. The van der Waals surface area contributed by atoms with Crippen molar-refractivity contribution in [1.82, 2.24) is 4.98 Å². The number of aliphatic carboxylic acids is 1. The van der Waals surface area contributed by atoms with E-state index in [-0.39, 0.29) is 0 Å². The molecule has 0 aliphatic carbocycles. The summed E-state index contributed by atoms with van der Waals surface area (Å²) in [5.41, 5.74) is 1.68. The molecule has 0 spiro atoms. The van der Waals surface area contributed by atoms with Crippen molar-refractivity contribution in [3.05, 3.63) is 29.6 Å². The van der Waals surface area contributed by atoms with Crippen molar-refractivity contribution in [2.24, 2.45) is 5.16 Å². The van der Waals surface area contributed by atoms with Crippen molar-refractivity contribution in [1.29, 1.82) is 0 Å². The zero-order valence-electron chi connectivity index (χ0n) is 7.67. The first kappa shape index (κ1) is 10.2. The minimum absolute atomic E-state index is 0.442. The first-order valence-corrected chi connectivity index (χ1v) is 3.98. The summed E-state index contributed by atoms with van der Waals surface area (Å²) >= 11 is 0. The Kier molecular flexibility index (Phi) is 3.60. The number of aromatic nitrogens is 1. The fourth-order valence-electron chi connectivity index (χ4n) is 0.739. The maximum Gasteiger partial charge on any atom is 0.344 e. The minimum Gasteiger partial charge on any atom is -0.479 e. The predicted octanol–water partition coefficient (Wildman–Crippen LogP) is 0.825. The Labute approximate surface area is 81.0 Å². The third-order valence-electron chi connectivity index (χ3n) is 1.38. The van der Waals surface area contributed by atoms with Gasteiger partial charge in [-0.2, -0.15) is 0 Å². The molecular weight excluding hydrogens is 184 g/mol. The molecule has 1 aromatic heterocycles. The average Bonchev–Trinajstić information content (AvgIpc) is 2.15. The number of carboxylic acids is 1. The molecule has 0 aliphatic heterocycles. The fraction of sp³-hybridized carbons (Fsp3) is 0.222. The Balaban J connectivity index is 2.44. The fourth-order valence-corrected chi connectivity index (χ4v) is 0.739. The summed E-state index contributed by atoms with van der Waals surface area (Å²) in [7, 11) is 0. The second kappa shape index (κ2) is 4.96. The van der Waals surface area contributed by atoms with Crippen molar-refractivity contribution in [2.45, 2.75) is 6.92 Å². The molecule has 0 amide bonds. The monoisotopic (exact) mass is 194 g/mol. The van der Waals surface area contributed by atoms with Crippen molar-refractivity contribution in [2.75, 3.05) is 6.61 Å². The lowest BCUT2D eigenvalue weighted by Crippen LogP contribution is -2.03. The zero-order chi connectivity index (χ0) is 10.4. The predicted molar refractivity (Wildman–Crippen MR) is 50.2 cm³/mol. The van der Waals surface area contributed by atoms with Gasteiger partial charge < -0.3 is 9.94 Å². The van der Waals surface area contributed by atoms with Crippen LogP contribution in [0, 0.1) is 6.92 Å². The number of hydrogen-bond acceptors (Lipinski definition) is 4. The van der Waals surface area contributed by atoms with Gasteiger partial charge >= 0.3 is 5.97 Å². The van der Waals surface area contributed by atoms with Crippen LogP contribution in [0.2, 0.25) is 0 Å². The SMILES string of the molecule is Cc1ccc(/C=N/OCC(=O)O)nc1. The smallest absolute Gasteiger partial charge is 0.344 e. The molecule has 5 heteroatoms. The highest BCUT2D eigenvalue weighted by atomic mass is 16.6. The Morgan fingerprint density at radius 1 is 1.71 bits per heavy atom. The minimum atomic E-state index is -1.06. The lowest BCUT2D eigenvalue weighted by atomic mass is 10.3. The molecule has 0 bridgehead atoms. The molecule has 0 atom stereocenters. The number of carboxylic acid groups (broad SMARTS) is 1. The first-order valence-electron chi connectivity index (χ1n) is 3.98. The van der Waals surface area contributed by atoms with E-state index in [0.717, 1.165) is 5.56 Å². The van der Waals surface area contributed by atoms with Gasteiger partial charge in [-0.15, -0.1) is 0 Å². The van der Waals surface area contributed by atoms with E-state index in [9.17, 15) is 4.79 Å². The third-order valence-corrected chi connectivity index (χ3v) is 1.38. The number of nitrogens with zero attached hydrogens (tertiary/aromatic N) is 2. The Bertz CT molecular complexity index is 332. The maximum atomic E-state index is 10.0. The number of aryl methyl sites for hydroxylation is 1. The van der Waals surface area contributed by atoms with Crippen molar-refractivity contribution in [3.63, 3.8) is 0 Å². The van der Waals surface area contributed by atoms with Gasteiger partial charge in [0.25, 0.3) is 0 Å². The lowest BCUT2D eigenvalue weighted by molar-refractivity contribution is -0.142. The summed E-state index contributed by atoms with van der Waals surface area (Å²) in [6.07, 6.45) is 3.06. The van der Waals surface area contributed by atoms with Crippen LogP contribution in [0.5, 0.6) is 0 Å². The summed E-state index contributed by atoms with van der Waals surface area (Å²) in [6.45, 7) is 1.48. The van der Waals surface area contributed by atoms with Gasteiger partial charge in [-0.25, -0.2) is 4.79 Å². The van der Waals surface area contributed by atoms with Crippen LogP contribution in [0.1, 0.15) is 11.3 Å². The van der Waals surface area contributed by atoms with Crippen LogP contribution in [0.25, 0.3) is 0 Å². The van der Waals surface area contributed by atoms with E-state index in [1.165, 1.54) is 6.21 Å². The molecule has 0 aliphatic rings. The van der Waals surface area contributed by atoms with Crippen LogP contribution in [0.3, 0.4) is 0 Å². The van der Waals surface area contributed by atoms with Gasteiger partial charge in [0.1, 0.15) is 0 Å². The average molecular weight is 194 g/mol. The van der Waals surface area contributed by atoms with E-state index >= 15 is 0 Å². The zero-order valence-corrected chi connectivity index (χ0v) is 7.67. The van der Waals surface area contributed by atoms with Crippen LogP contribution in [0.4, 0.5) is 0 Å². The largest absolute Gasteiger partial charge is 0.479 e. The lowest BCUT2D eigenvalue weighted by Gasteiger charge is -1.94. The molecular formula is C9H10N2O3. The Morgan fingerprint density at radius 3 is 3.07 bits per heavy atom. The molecule has 1 aromatic rings. The molecule has 1 heterocycles. The quantitative estimate of drug-likeness (QED) is 0.569. The number of oxime groups is 1. The van der Waals surface area contributed by atoms with E-state index in [4.69, 9.17) is 5.11 Å². The van der Waals surface area contributed by atoms with Gasteiger partial charge in [-0.1, -0.05) is 11.2 Å². The molecule has 14 heavy (non-hydrogen) atoms. The van der Waals surface area contributed by atoms with Crippen LogP contribution < -0.4 is 0 Å². The van der Waals surface area contributed by atoms with Gasteiger partial charge in [0.05, 0.1) is 11.9 Å². The maximum absolute atomic E-state index is 10.0. The van der Waals surface area contributed by atoms with Gasteiger partial charge in [0, 0.05) is 6.20 Å². The highest BCUT2D eigenvalue weighted by Gasteiger charge is 1.93. The van der Waals surface area contributed by atoms with Crippen LogP contribution in [-0.4, -0.2) is 28.9 Å². The summed E-state index contributed by atoms with van der Waals surface area (Å²) < 4.78 is 0. The van der Waals surface area contributed by atoms with Crippen molar-refractivity contribution < 1.29 is 14.7 Å². The molecule has 74 valence electrons. The van der Waals surface area contributed by atoms with Gasteiger partial charge in [-0.3, -0.25) is 4.98 Å². The molecule has 1 rings (SSSR count). The normalized spacial score (nSPS) is 10.4. The van der Waals surface area contributed by atoms with Gasteiger partial charge in [0.2, 0.25) is 6.61 Å². The molecule has 0 saturated heterocycles. The number of rotatable bonds is 4. The molecule has 0 radical (unpaired) electrons. The van der Waals surface area contributed by atoms with E-state index < -0.39 is 12.6 Å². The van der Waals surface area contributed by atoms with Gasteiger partial charge in [-0.05, 0) is 18.6 Å². The number of hydrogen-bond donors (Lipinski definition) is 1. The van der Waals surface area contributed by atoms with Crippen molar-refractivity contribution in [3.8, 4) is 0 Å². The molecule has 0 saturated carbocycles. The van der Waals surface area contributed by atoms with Crippen molar-refractivity contribution >= 4 is 12.2 Å². The van der Waals surface area contributed by atoms with E-state index in [1.807, 2.05) is 13.0 Å². The highest BCUT2D eigenvalue weighted by Crippen LogP contribution is 1.95. The Hall–Kier alpha value is -1.91. The first-order chi connectivity index (χ1) is 6.68. The highest BCUT2D eigenvalue weighted by molar-refractivity contribution is 5.76. The molecule has 1 N–H and O–H groups in total. The van der Waals surface area contributed by atoms with Crippen LogP contribution >= 0.6 is 0 Å². The summed E-state index contributed by atoms with van der Waals surface area (Å²) in [5, 5.41) is 11.7. The van der Waals surface area contributed by atoms with E-state index in [0.29, 0.717) is 5.69 Å². The number of pyridine rings is 1. The van der Waals surface area contributed by atoms with Crippen LogP contribution in [-0.2, 0) is 9.63 Å². The van der Waals surface area contributed by atoms with Gasteiger partial charge in [0.15, 0.2) is 0 Å². The van der Waals surface area contributed by atoms with E-state index in [2.05, 4.69) is 15.0 Å². The standard InChI is InChI=1S/C9H10N2O3/c1-7-2-3-8(10-4-7)5-11-14-6-9(12)13/h2-5H,6H2,1H3,(H,12,13)/b11-5+. The molecule has 5 nitrogen and oxygen atoms in total. The molecule has 0 unspecified atom stereocenters. The van der Waals surface area contributed by atoms with Crippen LogP contribution in [0.15, 0.2) is 23.5 Å². The van der Waals surface area contributed by atoms with E-state index in [1.54, 1.807) is 12.3 Å². The summed E-state index contributed by atoms with van der Waals surface area (Å²) in [4.78, 5) is 18.5. The molecule has 0 fully saturated rings. The summed E-state index contributed by atoms with van der Waals surface area (Å²) in [5.74, 6) is -1.06. The summed E-state index contributed by atoms with van der Waals surface area (Å²) in [6, 6.07) is 3.65. The second-order valence-corrected chi connectivity index (χ2v) is 2.66.